The van der Waals surface area contributed by atoms with Crippen molar-refractivity contribution in [3.8, 4) is 5.88 Å². The Hall–Kier alpha value is -4.16. The van der Waals surface area contributed by atoms with Gasteiger partial charge in [-0.15, -0.1) is 0 Å². The molecule has 0 saturated heterocycles. The normalized spacial score (nSPS) is 12.1. The maximum absolute atomic E-state index is 5.88. The van der Waals surface area contributed by atoms with Crippen molar-refractivity contribution in [2.75, 3.05) is 33.8 Å². The standard InChI is InChI=1S/C31H35N5O/c1-5-28(24-11-7-6-8-12-24)31(25-13-15-29-27(20-25)22-34-35-29)26-14-16-30(33-21-26)37-19-18-32-17-9-10-23(2)36(3)4/h6-16,20-22,32H,2,5,17-19H2,1,3-4H3,(H,34,35)/b10-9+,31-28-. The molecular weight excluding hydrogens is 458 g/mol. The number of benzene rings is 2. The van der Waals surface area contributed by atoms with Gasteiger partial charge in [0.1, 0.15) is 6.61 Å². The SMILES string of the molecule is C=C(/C=C/CNCCOc1ccc(/C(=C(/CC)c2ccccc2)c2ccc3[nH]ncc3c2)cn1)N(C)C. The lowest BCUT2D eigenvalue weighted by Crippen LogP contribution is -2.21. The molecule has 0 atom stereocenters. The number of allylic oxidation sites excluding steroid dienone is 2. The summed E-state index contributed by atoms with van der Waals surface area (Å²) in [6.07, 6.45) is 8.72. The van der Waals surface area contributed by atoms with Crippen molar-refractivity contribution in [3.05, 3.63) is 114 Å². The molecule has 4 aromatic rings. The number of ether oxygens (including phenoxy) is 1. The van der Waals surface area contributed by atoms with E-state index in [1.165, 1.54) is 16.7 Å². The Balaban J connectivity index is 1.50. The van der Waals surface area contributed by atoms with Crippen molar-refractivity contribution in [1.82, 2.24) is 25.4 Å². The molecule has 0 bridgehead atoms. The molecule has 4 rings (SSSR count). The molecule has 190 valence electrons. The number of pyridine rings is 1. The minimum absolute atomic E-state index is 0.541. The number of aromatic amines is 1. The molecule has 6 heteroatoms. The highest BCUT2D eigenvalue weighted by Crippen LogP contribution is 2.35. The summed E-state index contributed by atoms with van der Waals surface area (Å²) in [5.74, 6) is 0.615. The van der Waals surface area contributed by atoms with Crippen LogP contribution in [-0.2, 0) is 0 Å². The molecule has 0 unspecified atom stereocenters. The van der Waals surface area contributed by atoms with Crippen LogP contribution in [0.1, 0.15) is 30.0 Å². The molecule has 0 aliphatic carbocycles. The predicted molar refractivity (Wildman–Crippen MR) is 153 cm³/mol. The van der Waals surface area contributed by atoms with E-state index in [-0.39, 0.29) is 0 Å². The fourth-order valence-electron chi connectivity index (χ4n) is 4.15. The summed E-state index contributed by atoms with van der Waals surface area (Å²) in [5.41, 5.74) is 7.84. The Morgan fingerprint density at radius 3 is 2.57 bits per heavy atom. The number of hydrogen-bond acceptors (Lipinski definition) is 5. The molecule has 0 spiro atoms. The topological polar surface area (TPSA) is 66.1 Å². The van der Waals surface area contributed by atoms with E-state index in [1.807, 2.05) is 49.6 Å². The fourth-order valence-corrected chi connectivity index (χ4v) is 4.15. The van der Waals surface area contributed by atoms with Gasteiger partial charge in [0.05, 0.1) is 11.7 Å². The van der Waals surface area contributed by atoms with E-state index in [2.05, 4.69) is 88.6 Å². The van der Waals surface area contributed by atoms with Gasteiger partial charge in [-0.05, 0) is 53.0 Å². The van der Waals surface area contributed by atoms with Crippen LogP contribution in [-0.4, -0.2) is 53.9 Å². The van der Waals surface area contributed by atoms with Gasteiger partial charge in [0, 0.05) is 56.1 Å². The number of fused-ring (bicyclic) bond motifs is 1. The predicted octanol–water partition coefficient (Wildman–Crippen LogP) is 5.93. The molecule has 2 N–H and O–H groups in total. The van der Waals surface area contributed by atoms with Gasteiger partial charge in [0.2, 0.25) is 5.88 Å². The summed E-state index contributed by atoms with van der Waals surface area (Å²) in [6.45, 7) is 8.21. The van der Waals surface area contributed by atoms with E-state index in [4.69, 9.17) is 4.74 Å². The third-order valence-corrected chi connectivity index (χ3v) is 6.21. The maximum atomic E-state index is 5.88. The largest absolute Gasteiger partial charge is 0.476 e. The van der Waals surface area contributed by atoms with Crippen LogP contribution in [0.2, 0.25) is 0 Å². The molecule has 0 radical (unpaired) electrons. The zero-order valence-corrected chi connectivity index (χ0v) is 21.9. The minimum Gasteiger partial charge on any atom is -0.476 e. The van der Waals surface area contributed by atoms with Crippen molar-refractivity contribution >= 4 is 22.0 Å². The Morgan fingerprint density at radius 1 is 1.03 bits per heavy atom. The number of H-pyrrole nitrogens is 1. The van der Waals surface area contributed by atoms with Gasteiger partial charge in [-0.3, -0.25) is 5.10 Å². The molecule has 2 heterocycles. The van der Waals surface area contributed by atoms with Gasteiger partial charge in [0.15, 0.2) is 0 Å². The molecule has 2 aromatic carbocycles. The van der Waals surface area contributed by atoms with Crippen molar-refractivity contribution < 1.29 is 4.74 Å². The van der Waals surface area contributed by atoms with Crippen molar-refractivity contribution in [3.63, 3.8) is 0 Å². The molecule has 0 aliphatic rings. The zero-order chi connectivity index (χ0) is 26.0. The van der Waals surface area contributed by atoms with E-state index in [0.717, 1.165) is 47.2 Å². The van der Waals surface area contributed by atoms with E-state index in [1.54, 1.807) is 0 Å². The minimum atomic E-state index is 0.541. The fraction of sp³-hybridized carbons (Fsp3) is 0.226. The molecule has 37 heavy (non-hydrogen) atoms. The highest BCUT2D eigenvalue weighted by molar-refractivity contribution is 6.00. The number of hydrogen-bond donors (Lipinski definition) is 2. The first-order valence-electron chi connectivity index (χ1n) is 12.6. The zero-order valence-electron chi connectivity index (χ0n) is 21.9. The van der Waals surface area contributed by atoms with Crippen LogP contribution in [0.25, 0.3) is 22.0 Å². The molecular formula is C31H35N5O. The lowest BCUT2D eigenvalue weighted by molar-refractivity contribution is 0.304. The third-order valence-electron chi connectivity index (χ3n) is 6.21. The second-order valence-corrected chi connectivity index (χ2v) is 8.97. The summed E-state index contributed by atoms with van der Waals surface area (Å²) in [4.78, 5) is 6.61. The quantitative estimate of drug-likeness (QED) is 0.146. The highest BCUT2D eigenvalue weighted by Gasteiger charge is 2.14. The van der Waals surface area contributed by atoms with Crippen LogP contribution >= 0.6 is 0 Å². The first-order chi connectivity index (χ1) is 18.1. The van der Waals surface area contributed by atoms with Crippen LogP contribution in [0.3, 0.4) is 0 Å². The van der Waals surface area contributed by atoms with Gasteiger partial charge in [0.25, 0.3) is 0 Å². The third kappa shape index (κ3) is 6.74. The van der Waals surface area contributed by atoms with Gasteiger partial charge >= 0.3 is 0 Å². The summed E-state index contributed by atoms with van der Waals surface area (Å²) >= 11 is 0. The van der Waals surface area contributed by atoms with Gasteiger partial charge in [-0.2, -0.15) is 5.10 Å². The average Bonchev–Trinajstić information content (AvgIpc) is 3.40. The Bertz CT molecular complexity index is 1370. The van der Waals surface area contributed by atoms with Crippen molar-refractivity contribution in [2.24, 2.45) is 0 Å². The number of nitrogens with one attached hydrogen (secondary N) is 2. The van der Waals surface area contributed by atoms with Crippen LogP contribution in [0.15, 0.2) is 97.5 Å². The molecule has 0 amide bonds. The number of likely N-dealkylation sites (N-methyl/N-ethyl adjacent to an activating group) is 1. The first-order valence-corrected chi connectivity index (χ1v) is 12.6. The Labute approximate surface area is 219 Å². The second kappa shape index (κ2) is 12.7. The number of rotatable bonds is 12. The van der Waals surface area contributed by atoms with Gasteiger partial charge in [-0.25, -0.2) is 4.98 Å². The van der Waals surface area contributed by atoms with Crippen LogP contribution in [0.5, 0.6) is 5.88 Å². The maximum Gasteiger partial charge on any atom is 0.213 e. The van der Waals surface area contributed by atoms with Crippen molar-refractivity contribution in [1.29, 1.82) is 0 Å². The smallest absolute Gasteiger partial charge is 0.213 e. The molecule has 2 aromatic heterocycles. The van der Waals surface area contributed by atoms with Crippen LogP contribution in [0.4, 0.5) is 0 Å². The van der Waals surface area contributed by atoms with E-state index in [9.17, 15) is 0 Å². The summed E-state index contributed by atoms with van der Waals surface area (Å²) in [7, 11) is 3.96. The summed E-state index contributed by atoms with van der Waals surface area (Å²) in [6, 6.07) is 21.0. The second-order valence-electron chi connectivity index (χ2n) is 8.97. The molecule has 0 fully saturated rings. The van der Waals surface area contributed by atoms with Gasteiger partial charge < -0.3 is 15.0 Å². The monoisotopic (exact) mass is 493 g/mol. The van der Waals surface area contributed by atoms with Crippen molar-refractivity contribution in [2.45, 2.75) is 13.3 Å². The highest BCUT2D eigenvalue weighted by atomic mass is 16.5. The van der Waals surface area contributed by atoms with Crippen LogP contribution in [0, 0.1) is 0 Å². The summed E-state index contributed by atoms with van der Waals surface area (Å²) in [5, 5.41) is 11.7. The average molecular weight is 494 g/mol. The number of aromatic nitrogens is 3. The molecule has 0 saturated carbocycles. The lowest BCUT2D eigenvalue weighted by Gasteiger charge is -2.16. The molecule has 0 aliphatic heterocycles. The first kappa shape index (κ1) is 25.9. The molecule has 6 nitrogen and oxygen atoms in total. The Kier molecular flexibility index (Phi) is 8.89. The lowest BCUT2D eigenvalue weighted by atomic mass is 9.88. The van der Waals surface area contributed by atoms with E-state index in [0.29, 0.717) is 12.5 Å². The Morgan fingerprint density at radius 2 is 1.84 bits per heavy atom. The van der Waals surface area contributed by atoms with Crippen LogP contribution < -0.4 is 10.1 Å². The van der Waals surface area contributed by atoms with E-state index < -0.39 is 0 Å². The summed E-state index contributed by atoms with van der Waals surface area (Å²) < 4.78 is 5.88. The van der Waals surface area contributed by atoms with Gasteiger partial charge in [-0.1, -0.05) is 56.0 Å². The number of nitrogens with zero attached hydrogens (tertiary/aromatic N) is 3. The van der Waals surface area contributed by atoms with E-state index >= 15 is 0 Å².